The van der Waals surface area contributed by atoms with Crippen LogP contribution in [0.15, 0.2) is 36.4 Å². The highest BCUT2D eigenvalue weighted by Gasteiger charge is 2.13. The third kappa shape index (κ3) is 3.73. The molecule has 0 radical (unpaired) electrons. The zero-order chi connectivity index (χ0) is 15.6. The van der Waals surface area contributed by atoms with Crippen LogP contribution in [0.5, 0.6) is 0 Å². The topological polar surface area (TPSA) is 12.0 Å². The molecule has 0 aliphatic heterocycles. The number of rotatable bonds is 4. The van der Waals surface area contributed by atoms with Gasteiger partial charge in [-0.1, -0.05) is 49.7 Å². The Hall–Kier alpha value is -1.61. The van der Waals surface area contributed by atoms with Gasteiger partial charge in [-0.25, -0.2) is 8.78 Å². The van der Waals surface area contributed by atoms with Gasteiger partial charge in [-0.05, 0) is 30.0 Å². The summed E-state index contributed by atoms with van der Waals surface area (Å²) >= 11 is 5.89. The van der Waals surface area contributed by atoms with Gasteiger partial charge in [-0.3, -0.25) is 0 Å². The van der Waals surface area contributed by atoms with Gasteiger partial charge < -0.3 is 5.32 Å². The Bertz CT molecular complexity index is 600. The van der Waals surface area contributed by atoms with Crippen molar-refractivity contribution >= 4 is 17.3 Å². The maximum absolute atomic E-state index is 13.8. The highest BCUT2D eigenvalue weighted by atomic mass is 35.5. The van der Waals surface area contributed by atoms with E-state index in [-0.39, 0.29) is 16.8 Å². The monoisotopic (exact) mass is 309 g/mol. The fourth-order valence-corrected chi connectivity index (χ4v) is 2.40. The van der Waals surface area contributed by atoms with Crippen molar-refractivity contribution in [2.24, 2.45) is 0 Å². The maximum atomic E-state index is 13.8. The van der Waals surface area contributed by atoms with E-state index in [4.69, 9.17) is 11.6 Å². The molecule has 0 heterocycles. The Morgan fingerprint density at radius 3 is 2.05 bits per heavy atom. The number of anilines is 1. The van der Waals surface area contributed by atoms with Gasteiger partial charge in [0.05, 0.1) is 10.7 Å². The molecule has 112 valence electrons. The summed E-state index contributed by atoms with van der Waals surface area (Å²) < 4.78 is 26.8. The summed E-state index contributed by atoms with van der Waals surface area (Å²) in [7, 11) is 0. The molecule has 0 saturated carbocycles. The van der Waals surface area contributed by atoms with E-state index in [2.05, 4.69) is 31.3 Å². The van der Waals surface area contributed by atoms with Crippen LogP contribution in [0.2, 0.25) is 5.02 Å². The zero-order valence-corrected chi connectivity index (χ0v) is 13.0. The Morgan fingerprint density at radius 2 is 1.52 bits per heavy atom. The molecule has 0 spiro atoms. The van der Waals surface area contributed by atoms with Crippen LogP contribution in [0.1, 0.15) is 43.9 Å². The zero-order valence-electron chi connectivity index (χ0n) is 12.3. The quantitative estimate of drug-likeness (QED) is 0.739. The molecule has 0 aromatic heterocycles. The van der Waals surface area contributed by atoms with Crippen LogP contribution in [0.3, 0.4) is 0 Å². The van der Waals surface area contributed by atoms with Crippen molar-refractivity contribution in [3.63, 3.8) is 0 Å². The average molecular weight is 310 g/mol. The Kier molecular flexibility index (Phi) is 4.84. The molecular formula is C17H18ClF2N. The summed E-state index contributed by atoms with van der Waals surface area (Å²) in [6.07, 6.45) is 0. The number of hydrogen-bond donors (Lipinski definition) is 1. The van der Waals surface area contributed by atoms with E-state index in [0.717, 1.165) is 17.7 Å². The second kappa shape index (κ2) is 6.44. The molecule has 0 saturated heterocycles. The van der Waals surface area contributed by atoms with E-state index in [1.807, 2.05) is 19.1 Å². The lowest BCUT2D eigenvalue weighted by Gasteiger charge is -2.18. The van der Waals surface area contributed by atoms with Gasteiger partial charge in [0.2, 0.25) is 0 Å². The Labute approximate surface area is 128 Å². The van der Waals surface area contributed by atoms with Gasteiger partial charge in [-0.2, -0.15) is 0 Å². The van der Waals surface area contributed by atoms with Crippen molar-refractivity contribution in [3.05, 3.63) is 64.2 Å². The molecule has 2 aromatic carbocycles. The van der Waals surface area contributed by atoms with E-state index in [1.54, 1.807) is 0 Å². The fraction of sp³-hybridized carbons (Fsp3) is 0.294. The highest BCUT2D eigenvalue weighted by molar-refractivity contribution is 6.33. The summed E-state index contributed by atoms with van der Waals surface area (Å²) in [6, 6.07) is 9.90. The summed E-state index contributed by atoms with van der Waals surface area (Å²) in [6.45, 7) is 6.16. The summed E-state index contributed by atoms with van der Waals surface area (Å²) in [5.74, 6) is -0.908. The first-order chi connectivity index (χ1) is 9.88. The predicted molar refractivity (Wildman–Crippen MR) is 83.9 cm³/mol. The van der Waals surface area contributed by atoms with E-state index >= 15 is 0 Å². The normalized spacial score (nSPS) is 12.5. The van der Waals surface area contributed by atoms with Gasteiger partial charge in [-0.15, -0.1) is 0 Å². The lowest BCUT2D eigenvalue weighted by atomic mass is 9.99. The predicted octanol–water partition coefficient (Wildman–Crippen LogP) is 5.91. The largest absolute Gasteiger partial charge is 0.375 e. The average Bonchev–Trinajstić information content (AvgIpc) is 2.42. The number of nitrogens with one attached hydrogen (secondary N) is 1. The minimum atomic E-state index is -0.689. The molecule has 0 amide bonds. The molecule has 2 aromatic rings. The van der Waals surface area contributed by atoms with Gasteiger partial charge in [0, 0.05) is 12.1 Å². The second-order valence-corrected chi connectivity index (χ2v) is 5.84. The van der Waals surface area contributed by atoms with E-state index < -0.39 is 11.6 Å². The summed E-state index contributed by atoms with van der Waals surface area (Å²) in [5.41, 5.74) is 2.38. The first-order valence-electron chi connectivity index (χ1n) is 6.89. The molecule has 0 bridgehead atoms. The Morgan fingerprint density at radius 1 is 0.952 bits per heavy atom. The van der Waals surface area contributed by atoms with Crippen molar-refractivity contribution in [2.45, 2.75) is 32.7 Å². The fourth-order valence-electron chi connectivity index (χ4n) is 2.15. The van der Waals surface area contributed by atoms with Gasteiger partial charge in [0.1, 0.15) is 5.82 Å². The second-order valence-electron chi connectivity index (χ2n) is 5.43. The standard InChI is InChI=1S/C17H18ClF2N/c1-10(2)12-4-6-13(7-5-12)11(3)21-17-15(18)8-14(19)9-16(17)20/h4-11,21H,1-3H3. The van der Waals surface area contributed by atoms with Crippen molar-refractivity contribution in [1.82, 2.24) is 0 Å². The molecule has 0 aliphatic rings. The minimum Gasteiger partial charge on any atom is -0.375 e. The van der Waals surface area contributed by atoms with Crippen LogP contribution in [-0.2, 0) is 0 Å². The third-order valence-electron chi connectivity index (χ3n) is 3.47. The van der Waals surface area contributed by atoms with Crippen LogP contribution in [-0.4, -0.2) is 0 Å². The van der Waals surface area contributed by atoms with E-state index in [1.165, 1.54) is 5.56 Å². The molecule has 1 N–H and O–H groups in total. The van der Waals surface area contributed by atoms with Crippen LogP contribution in [0, 0.1) is 11.6 Å². The molecule has 2 rings (SSSR count). The van der Waals surface area contributed by atoms with Crippen LogP contribution in [0.25, 0.3) is 0 Å². The third-order valence-corrected chi connectivity index (χ3v) is 3.77. The van der Waals surface area contributed by atoms with Crippen molar-refractivity contribution in [1.29, 1.82) is 0 Å². The molecule has 1 nitrogen and oxygen atoms in total. The maximum Gasteiger partial charge on any atom is 0.150 e. The summed E-state index contributed by atoms with van der Waals surface area (Å²) in [4.78, 5) is 0. The van der Waals surface area contributed by atoms with Crippen LogP contribution >= 0.6 is 11.6 Å². The minimum absolute atomic E-state index is 0.0400. The van der Waals surface area contributed by atoms with Crippen molar-refractivity contribution < 1.29 is 8.78 Å². The van der Waals surface area contributed by atoms with Crippen molar-refractivity contribution in [2.75, 3.05) is 5.32 Å². The molecule has 1 atom stereocenters. The molecule has 0 aliphatic carbocycles. The first kappa shape index (κ1) is 15.8. The SMILES string of the molecule is CC(C)c1ccc(C(C)Nc2c(F)cc(F)cc2Cl)cc1. The Balaban J connectivity index is 2.20. The molecule has 21 heavy (non-hydrogen) atoms. The van der Waals surface area contributed by atoms with Crippen molar-refractivity contribution in [3.8, 4) is 0 Å². The molecular weight excluding hydrogens is 292 g/mol. The van der Waals surface area contributed by atoms with Crippen LogP contribution < -0.4 is 5.32 Å². The molecule has 4 heteroatoms. The molecule has 1 unspecified atom stereocenters. The van der Waals surface area contributed by atoms with Gasteiger partial charge in [0.25, 0.3) is 0 Å². The number of benzene rings is 2. The first-order valence-corrected chi connectivity index (χ1v) is 7.27. The van der Waals surface area contributed by atoms with Crippen LogP contribution in [0.4, 0.5) is 14.5 Å². The van der Waals surface area contributed by atoms with Gasteiger partial charge in [0.15, 0.2) is 5.82 Å². The van der Waals surface area contributed by atoms with E-state index in [0.29, 0.717) is 5.92 Å². The highest BCUT2D eigenvalue weighted by Crippen LogP contribution is 2.30. The summed E-state index contributed by atoms with van der Waals surface area (Å²) in [5, 5.41) is 3.04. The molecule has 0 fully saturated rings. The van der Waals surface area contributed by atoms with Gasteiger partial charge >= 0.3 is 0 Å². The number of hydrogen-bond acceptors (Lipinski definition) is 1. The van der Waals surface area contributed by atoms with E-state index in [9.17, 15) is 8.78 Å². The lowest BCUT2D eigenvalue weighted by Crippen LogP contribution is -2.09. The smallest absolute Gasteiger partial charge is 0.150 e. The lowest BCUT2D eigenvalue weighted by molar-refractivity contribution is 0.584. The number of halogens is 3.